The van der Waals surface area contributed by atoms with Crippen molar-refractivity contribution in [3.63, 3.8) is 0 Å². The van der Waals surface area contributed by atoms with Crippen LogP contribution in [-0.2, 0) is 0 Å². The van der Waals surface area contributed by atoms with Crippen molar-refractivity contribution < 1.29 is 9.53 Å². The highest BCUT2D eigenvalue weighted by molar-refractivity contribution is 6.09. The van der Waals surface area contributed by atoms with Gasteiger partial charge in [0.25, 0.3) is 5.91 Å². The first-order valence-electron chi connectivity index (χ1n) is 9.41. The Labute approximate surface area is 176 Å². The Bertz CT molecular complexity index is 986. The molecular weight excluding hydrogens is 388 g/mol. The summed E-state index contributed by atoms with van der Waals surface area (Å²) in [4.78, 5) is 21.6. The Morgan fingerprint density at radius 3 is 2.48 bits per heavy atom. The molecule has 0 radical (unpaired) electrons. The minimum absolute atomic E-state index is 0. The summed E-state index contributed by atoms with van der Waals surface area (Å²) in [6.45, 7) is 4.12. The quantitative estimate of drug-likeness (QED) is 0.708. The van der Waals surface area contributed by atoms with Gasteiger partial charge in [-0.05, 0) is 43.4 Å². The van der Waals surface area contributed by atoms with Crippen molar-refractivity contribution in [2.24, 2.45) is 0 Å². The number of anilines is 2. The highest BCUT2D eigenvalue weighted by atomic mass is 35.5. The predicted octanol–water partition coefficient (Wildman–Crippen LogP) is 3.67. The number of fused-ring (bicyclic) bond motifs is 1. The summed E-state index contributed by atoms with van der Waals surface area (Å²) in [5.41, 5.74) is 2.50. The standard InChI is InChI=1S/C22H24N4O2.ClH/c1-25-9-11-26(12-10-25)18-5-3-16(4-6-18)22(27)24-21-14-19(28-2)13-17-15-23-8-7-20(17)21;/h3-8,13-15H,9-12H2,1-2H3,(H,24,27);1H. The van der Waals surface area contributed by atoms with Crippen molar-refractivity contribution in [1.29, 1.82) is 0 Å². The average Bonchev–Trinajstić information content (AvgIpc) is 2.74. The van der Waals surface area contributed by atoms with Gasteiger partial charge in [-0.25, -0.2) is 0 Å². The number of amides is 1. The molecule has 29 heavy (non-hydrogen) atoms. The molecule has 4 rings (SSSR count). The first-order valence-corrected chi connectivity index (χ1v) is 9.41. The number of likely N-dealkylation sites (N-methyl/N-ethyl adjacent to an activating group) is 1. The van der Waals surface area contributed by atoms with Crippen molar-refractivity contribution in [1.82, 2.24) is 9.88 Å². The topological polar surface area (TPSA) is 57.7 Å². The maximum atomic E-state index is 12.8. The molecule has 1 amide bonds. The molecule has 6 nitrogen and oxygen atoms in total. The molecule has 152 valence electrons. The summed E-state index contributed by atoms with van der Waals surface area (Å²) in [6.07, 6.45) is 3.48. The maximum Gasteiger partial charge on any atom is 0.255 e. The summed E-state index contributed by atoms with van der Waals surface area (Å²) < 4.78 is 5.35. The Morgan fingerprint density at radius 2 is 1.79 bits per heavy atom. The predicted molar refractivity (Wildman–Crippen MR) is 120 cm³/mol. The van der Waals surface area contributed by atoms with E-state index in [0.717, 1.165) is 42.6 Å². The lowest BCUT2D eigenvalue weighted by Gasteiger charge is -2.34. The number of nitrogens with one attached hydrogen (secondary N) is 1. The van der Waals surface area contributed by atoms with Gasteiger partial charge in [0.1, 0.15) is 5.75 Å². The van der Waals surface area contributed by atoms with Crippen molar-refractivity contribution in [2.75, 3.05) is 50.6 Å². The van der Waals surface area contributed by atoms with Gasteiger partial charge in [-0.1, -0.05) is 0 Å². The van der Waals surface area contributed by atoms with Crippen LogP contribution < -0.4 is 15.0 Å². The third-order valence-corrected chi connectivity index (χ3v) is 5.21. The van der Waals surface area contributed by atoms with Crippen LogP contribution in [0.1, 0.15) is 10.4 Å². The summed E-state index contributed by atoms with van der Waals surface area (Å²) in [5, 5.41) is 4.86. The second-order valence-corrected chi connectivity index (χ2v) is 7.06. The Balaban J connectivity index is 0.00000240. The number of hydrogen-bond donors (Lipinski definition) is 1. The molecule has 1 aromatic heterocycles. The van der Waals surface area contributed by atoms with E-state index in [1.54, 1.807) is 19.5 Å². The summed E-state index contributed by atoms with van der Waals surface area (Å²) >= 11 is 0. The molecule has 0 saturated carbocycles. The van der Waals surface area contributed by atoms with Crippen LogP contribution in [0.25, 0.3) is 10.8 Å². The van der Waals surface area contributed by atoms with Crippen LogP contribution in [-0.4, -0.2) is 56.1 Å². The van der Waals surface area contributed by atoms with Gasteiger partial charge < -0.3 is 19.9 Å². The lowest BCUT2D eigenvalue weighted by Crippen LogP contribution is -2.44. The van der Waals surface area contributed by atoms with E-state index in [1.165, 1.54) is 0 Å². The summed E-state index contributed by atoms with van der Waals surface area (Å²) in [6, 6.07) is 13.4. The molecule has 1 fully saturated rings. The highest BCUT2D eigenvalue weighted by Crippen LogP contribution is 2.29. The van der Waals surface area contributed by atoms with E-state index < -0.39 is 0 Å². The normalized spacial score (nSPS) is 14.3. The smallest absolute Gasteiger partial charge is 0.255 e. The monoisotopic (exact) mass is 412 g/mol. The Hall–Kier alpha value is -2.83. The fraction of sp³-hybridized carbons (Fsp3) is 0.273. The first kappa shape index (κ1) is 20.9. The molecule has 2 heterocycles. The number of benzene rings is 2. The molecular formula is C22H25ClN4O2. The number of nitrogens with zero attached hydrogens (tertiary/aromatic N) is 3. The minimum atomic E-state index is -0.142. The zero-order valence-electron chi connectivity index (χ0n) is 16.6. The number of halogens is 1. The second kappa shape index (κ2) is 9.11. The van der Waals surface area contributed by atoms with Gasteiger partial charge in [0.15, 0.2) is 0 Å². The largest absolute Gasteiger partial charge is 0.497 e. The fourth-order valence-corrected chi connectivity index (χ4v) is 3.49. The molecule has 2 aromatic carbocycles. The van der Waals surface area contributed by atoms with Gasteiger partial charge in [-0.15, -0.1) is 12.4 Å². The average molecular weight is 413 g/mol. The first-order chi connectivity index (χ1) is 13.6. The minimum Gasteiger partial charge on any atom is -0.497 e. The number of rotatable bonds is 4. The van der Waals surface area contributed by atoms with E-state index >= 15 is 0 Å². The Kier molecular flexibility index (Phi) is 6.56. The number of aromatic nitrogens is 1. The van der Waals surface area contributed by atoms with E-state index in [0.29, 0.717) is 17.0 Å². The molecule has 0 unspecified atom stereocenters. The summed E-state index contributed by atoms with van der Waals surface area (Å²) in [5.74, 6) is 0.539. The lowest BCUT2D eigenvalue weighted by atomic mass is 10.1. The third kappa shape index (κ3) is 4.60. The van der Waals surface area contributed by atoms with E-state index in [1.807, 2.05) is 42.5 Å². The van der Waals surface area contributed by atoms with Crippen molar-refractivity contribution in [3.8, 4) is 5.75 Å². The lowest BCUT2D eigenvalue weighted by molar-refractivity contribution is 0.102. The van der Waals surface area contributed by atoms with Crippen LogP contribution in [0.15, 0.2) is 54.9 Å². The summed E-state index contributed by atoms with van der Waals surface area (Å²) in [7, 11) is 3.75. The van der Waals surface area contributed by atoms with E-state index in [-0.39, 0.29) is 18.3 Å². The number of pyridine rings is 1. The van der Waals surface area contributed by atoms with Crippen LogP contribution in [0.4, 0.5) is 11.4 Å². The van der Waals surface area contributed by atoms with Gasteiger partial charge in [-0.2, -0.15) is 0 Å². The number of carbonyl (C=O) groups is 1. The number of ether oxygens (including phenoxy) is 1. The van der Waals surface area contributed by atoms with Crippen molar-refractivity contribution >= 4 is 40.5 Å². The number of methoxy groups -OCH3 is 1. The molecule has 7 heteroatoms. The van der Waals surface area contributed by atoms with Crippen LogP contribution in [0.5, 0.6) is 5.75 Å². The Morgan fingerprint density at radius 1 is 1.07 bits per heavy atom. The second-order valence-electron chi connectivity index (χ2n) is 7.06. The maximum absolute atomic E-state index is 12.8. The molecule has 1 saturated heterocycles. The van der Waals surface area contributed by atoms with Crippen molar-refractivity contribution in [3.05, 3.63) is 60.4 Å². The van der Waals surface area contributed by atoms with Crippen LogP contribution in [0.3, 0.4) is 0 Å². The molecule has 0 bridgehead atoms. The molecule has 3 aromatic rings. The number of piperazine rings is 1. The SMILES string of the molecule is COc1cc(NC(=O)c2ccc(N3CCN(C)CC3)cc2)c2ccncc2c1.Cl. The van der Waals surface area contributed by atoms with Crippen LogP contribution in [0.2, 0.25) is 0 Å². The zero-order valence-corrected chi connectivity index (χ0v) is 17.4. The molecule has 1 N–H and O–H groups in total. The third-order valence-electron chi connectivity index (χ3n) is 5.21. The van der Waals surface area contributed by atoms with Crippen molar-refractivity contribution in [2.45, 2.75) is 0 Å². The van der Waals surface area contributed by atoms with Gasteiger partial charge >= 0.3 is 0 Å². The molecule has 1 aliphatic rings. The van der Waals surface area contributed by atoms with Crippen LogP contribution >= 0.6 is 12.4 Å². The van der Waals surface area contributed by atoms with E-state index in [9.17, 15) is 4.79 Å². The molecule has 0 atom stereocenters. The highest BCUT2D eigenvalue weighted by Gasteiger charge is 2.15. The molecule has 1 aliphatic heterocycles. The van der Waals surface area contributed by atoms with Gasteiger partial charge in [0.05, 0.1) is 12.8 Å². The zero-order chi connectivity index (χ0) is 19.5. The number of hydrogen-bond acceptors (Lipinski definition) is 5. The van der Waals surface area contributed by atoms with E-state index in [2.05, 4.69) is 27.1 Å². The van der Waals surface area contributed by atoms with E-state index in [4.69, 9.17) is 4.74 Å². The van der Waals surface area contributed by atoms with Gasteiger partial charge in [0, 0.05) is 66.7 Å². The number of carbonyl (C=O) groups excluding carboxylic acids is 1. The fourth-order valence-electron chi connectivity index (χ4n) is 3.49. The van der Waals surface area contributed by atoms with Gasteiger partial charge in [-0.3, -0.25) is 9.78 Å². The molecule has 0 spiro atoms. The molecule has 0 aliphatic carbocycles. The van der Waals surface area contributed by atoms with Gasteiger partial charge in [0.2, 0.25) is 0 Å². The van der Waals surface area contributed by atoms with Crippen LogP contribution in [0, 0.1) is 0 Å².